The van der Waals surface area contributed by atoms with Crippen LogP contribution < -0.4 is 14.8 Å². The number of methoxy groups -OCH3 is 1. The number of anilines is 1. The van der Waals surface area contributed by atoms with E-state index >= 15 is 0 Å². The molecule has 0 aliphatic rings. The van der Waals surface area contributed by atoms with E-state index in [1.54, 1.807) is 6.07 Å². The fraction of sp³-hybridized carbons (Fsp3) is 0.312. The van der Waals surface area contributed by atoms with E-state index in [-0.39, 0.29) is 27.2 Å². The summed E-state index contributed by atoms with van der Waals surface area (Å²) in [4.78, 5) is 11.8. The molecule has 0 spiro atoms. The van der Waals surface area contributed by atoms with Gasteiger partial charge in [0.25, 0.3) is 10.0 Å². The van der Waals surface area contributed by atoms with Gasteiger partial charge in [0, 0.05) is 32.4 Å². The van der Waals surface area contributed by atoms with Gasteiger partial charge in [-0.2, -0.15) is 0 Å². The van der Waals surface area contributed by atoms with Gasteiger partial charge >= 0.3 is 0 Å². The monoisotopic (exact) mass is 447 g/mol. The van der Waals surface area contributed by atoms with E-state index in [2.05, 4.69) is 10.0 Å². The number of ether oxygens (including phenoxy) is 1. The first-order valence-electron chi connectivity index (χ1n) is 7.94. The van der Waals surface area contributed by atoms with Gasteiger partial charge in [-0.1, -0.05) is 0 Å². The summed E-state index contributed by atoms with van der Waals surface area (Å²) in [6.45, 7) is 1.23. The Morgan fingerprint density at radius 1 is 1.14 bits per heavy atom. The molecular weight excluding hydrogens is 426 g/mol. The number of sulfonamides is 2. The smallest absolute Gasteiger partial charge is 0.252 e. The molecule has 1 aromatic carbocycles. The molecule has 0 aliphatic heterocycles. The van der Waals surface area contributed by atoms with Gasteiger partial charge in [-0.25, -0.2) is 25.9 Å². The molecule has 0 fully saturated rings. The number of thiophene rings is 1. The number of amides is 1. The summed E-state index contributed by atoms with van der Waals surface area (Å²) < 4.78 is 58.1. The molecule has 12 heteroatoms. The Kier molecular flexibility index (Phi) is 6.83. The van der Waals surface area contributed by atoms with Crippen molar-refractivity contribution in [1.82, 2.24) is 9.03 Å². The Labute approximate surface area is 168 Å². The summed E-state index contributed by atoms with van der Waals surface area (Å²) in [6.07, 6.45) is 0. The van der Waals surface area contributed by atoms with E-state index in [1.807, 2.05) is 0 Å². The molecule has 0 aliphatic carbocycles. The van der Waals surface area contributed by atoms with Crippen molar-refractivity contribution in [2.75, 3.05) is 26.5 Å². The van der Waals surface area contributed by atoms with Crippen LogP contribution in [-0.2, 0) is 31.4 Å². The van der Waals surface area contributed by atoms with E-state index in [0.717, 1.165) is 15.6 Å². The minimum Gasteiger partial charge on any atom is -0.495 e. The molecule has 0 radical (unpaired) electrons. The highest BCUT2D eigenvalue weighted by molar-refractivity contribution is 7.91. The third kappa shape index (κ3) is 5.08. The highest BCUT2D eigenvalue weighted by atomic mass is 32.2. The van der Waals surface area contributed by atoms with E-state index in [0.29, 0.717) is 10.6 Å². The van der Waals surface area contributed by atoms with Crippen LogP contribution in [0.4, 0.5) is 5.69 Å². The number of hydrogen-bond acceptors (Lipinski definition) is 7. The van der Waals surface area contributed by atoms with Gasteiger partial charge in [0.05, 0.1) is 17.7 Å². The van der Waals surface area contributed by atoms with Crippen LogP contribution in [0.5, 0.6) is 5.75 Å². The van der Waals surface area contributed by atoms with Crippen molar-refractivity contribution < 1.29 is 26.4 Å². The van der Waals surface area contributed by atoms with Crippen LogP contribution in [0, 0.1) is 0 Å². The number of carbonyl (C=O) groups is 1. The molecule has 1 amide bonds. The van der Waals surface area contributed by atoms with Crippen LogP contribution in [-0.4, -0.2) is 48.3 Å². The molecule has 0 saturated carbocycles. The van der Waals surface area contributed by atoms with Crippen molar-refractivity contribution in [3.8, 4) is 5.75 Å². The Morgan fingerprint density at radius 2 is 1.82 bits per heavy atom. The summed E-state index contributed by atoms with van der Waals surface area (Å²) in [5.74, 6) is -0.0417. The van der Waals surface area contributed by atoms with Gasteiger partial charge in [-0.05, 0) is 30.3 Å². The molecule has 28 heavy (non-hydrogen) atoms. The maximum atomic E-state index is 12.6. The molecule has 154 valence electrons. The lowest BCUT2D eigenvalue weighted by atomic mass is 10.3. The molecule has 2 N–H and O–H groups in total. The molecule has 0 bridgehead atoms. The third-order valence-corrected chi connectivity index (χ3v) is 8.37. The first-order valence-corrected chi connectivity index (χ1v) is 11.7. The van der Waals surface area contributed by atoms with Gasteiger partial charge in [0.2, 0.25) is 15.9 Å². The minimum absolute atomic E-state index is 0.0604. The zero-order chi connectivity index (χ0) is 21.1. The molecule has 0 unspecified atom stereocenters. The second-order valence-corrected chi connectivity index (χ2v) is 11.2. The average molecular weight is 448 g/mol. The zero-order valence-corrected chi connectivity index (χ0v) is 18.2. The predicted molar refractivity (Wildman–Crippen MR) is 107 cm³/mol. The van der Waals surface area contributed by atoms with Gasteiger partial charge < -0.3 is 10.1 Å². The lowest BCUT2D eigenvalue weighted by molar-refractivity contribution is -0.114. The number of nitrogens with zero attached hydrogens (tertiary/aromatic N) is 1. The molecule has 2 rings (SSSR count). The van der Waals surface area contributed by atoms with Crippen LogP contribution in [0.25, 0.3) is 0 Å². The van der Waals surface area contributed by atoms with E-state index < -0.39 is 20.0 Å². The van der Waals surface area contributed by atoms with Gasteiger partial charge in [0.1, 0.15) is 9.96 Å². The van der Waals surface area contributed by atoms with Crippen LogP contribution in [0.15, 0.2) is 39.4 Å². The predicted octanol–water partition coefficient (Wildman–Crippen LogP) is 1.44. The van der Waals surface area contributed by atoms with Crippen molar-refractivity contribution >= 4 is 43.0 Å². The second-order valence-electron chi connectivity index (χ2n) is 5.88. The Balaban J connectivity index is 2.21. The number of hydrogen-bond donors (Lipinski definition) is 2. The third-order valence-electron chi connectivity index (χ3n) is 3.60. The van der Waals surface area contributed by atoms with Gasteiger partial charge in [0.15, 0.2) is 0 Å². The number of benzene rings is 1. The highest BCUT2D eigenvalue weighted by Gasteiger charge is 2.21. The highest BCUT2D eigenvalue weighted by Crippen LogP contribution is 2.28. The van der Waals surface area contributed by atoms with Gasteiger partial charge in [-0.15, -0.1) is 11.3 Å². The SMILES string of the molecule is COc1ccc(S(=O)(=O)NCc2ccc(S(=O)(=O)N(C)C)s2)cc1NC(C)=O. The fourth-order valence-corrected chi connectivity index (χ4v) is 5.75. The maximum absolute atomic E-state index is 12.6. The van der Waals surface area contributed by atoms with Crippen molar-refractivity contribution in [2.24, 2.45) is 0 Å². The number of carbonyl (C=O) groups excluding carboxylic acids is 1. The van der Waals surface area contributed by atoms with Crippen LogP contribution in [0.1, 0.15) is 11.8 Å². The summed E-state index contributed by atoms with van der Waals surface area (Å²) in [5.41, 5.74) is 0.230. The quantitative estimate of drug-likeness (QED) is 0.632. The van der Waals surface area contributed by atoms with E-state index in [1.165, 1.54) is 52.4 Å². The Hall–Kier alpha value is -1.99. The number of rotatable bonds is 8. The normalized spacial score (nSPS) is 12.2. The van der Waals surface area contributed by atoms with Crippen LogP contribution in [0.3, 0.4) is 0 Å². The van der Waals surface area contributed by atoms with E-state index in [4.69, 9.17) is 4.74 Å². The topological polar surface area (TPSA) is 122 Å². The molecule has 1 heterocycles. The maximum Gasteiger partial charge on any atom is 0.252 e. The minimum atomic E-state index is -3.89. The summed E-state index contributed by atoms with van der Waals surface area (Å²) in [6, 6.07) is 7.07. The average Bonchev–Trinajstić information content (AvgIpc) is 3.09. The van der Waals surface area contributed by atoms with Crippen LogP contribution >= 0.6 is 11.3 Å². The largest absolute Gasteiger partial charge is 0.495 e. The Bertz CT molecular complexity index is 1070. The first-order chi connectivity index (χ1) is 13.0. The van der Waals surface area contributed by atoms with Crippen molar-refractivity contribution in [3.05, 3.63) is 35.2 Å². The summed E-state index contributed by atoms with van der Waals surface area (Å²) in [7, 11) is -3.21. The standard InChI is InChI=1S/C16H21N3O6S3/c1-11(20)18-14-9-13(6-7-15(14)25-4)27(21,22)17-10-12-5-8-16(26-12)28(23,24)19(2)3/h5-9,17H,10H2,1-4H3,(H,18,20). The summed E-state index contributed by atoms with van der Waals surface area (Å²) >= 11 is 0.988. The Morgan fingerprint density at radius 3 is 2.39 bits per heavy atom. The zero-order valence-electron chi connectivity index (χ0n) is 15.7. The van der Waals surface area contributed by atoms with E-state index in [9.17, 15) is 21.6 Å². The molecule has 2 aromatic rings. The number of nitrogens with one attached hydrogen (secondary N) is 2. The molecule has 0 atom stereocenters. The lowest BCUT2D eigenvalue weighted by Crippen LogP contribution is -2.23. The van der Waals surface area contributed by atoms with Crippen molar-refractivity contribution in [3.63, 3.8) is 0 Å². The first kappa shape index (κ1) is 22.3. The summed E-state index contributed by atoms with van der Waals surface area (Å²) in [5, 5.41) is 2.52. The molecule has 9 nitrogen and oxygen atoms in total. The van der Waals surface area contributed by atoms with Crippen molar-refractivity contribution in [2.45, 2.75) is 22.6 Å². The van der Waals surface area contributed by atoms with Crippen LogP contribution in [0.2, 0.25) is 0 Å². The van der Waals surface area contributed by atoms with Crippen molar-refractivity contribution in [1.29, 1.82) is 0 Å². The second kappa shape index (κ2) is 8.57. The molecular formula is C16H21N3O6S3. The molecule has 0 saturated heterocycles. The fourth-order valence-electron chi connectivity index (χ4n) is 2.16. The molecule has 1 aromatic heterocycles. The lowest BCUT2D eigenvalue weighted by Gasteiger charge is -2.12. The van der Waals surface area contributed by atoms with Gasteiger partial charge in [-0.3, -0.25) is 4.79 Å².